The van der Waals surface area contributed by atoms with E-state index in [1.807, 2.05) is 0 Å². The zero-order chi connectivity index (χ0) is 9.42. The number of aromatic amines is 2. The first-order valence-corrected chi connectivity index (χ1v) is 4.55. The molecule has 0 aliphatic rings. The zero-order valence-corrected chi connectivity index (χ0v) is 10.2. The average molecular weight is 220 g/mol. The monoisotopic (exact) mass is 220 g/mol. The van der Waals surface area contributed by atoms with Crippen molar-refractivity contribution in [1.82, 2.24) is 9.97 Å². The molecule has 1 aromatic heterocycles. The van der Waals surface area contributed by atoms with Gasteiger partial charge in [0.15, 0.2) is 0 Å². The van der Waals surface area contributed by atoms with Crippen LogP contribution in [0, 0.1) is 0 Å². The molecule has 0 aliphatic carbocycles. The molecule has 1 atom stereocenters. The van der Waals surface area contributed by atoms with Crippen LogP contribution in [0.25, 0.3) is 11.0 Å². The number of H-pyrrole nitrogens is 2. The maximum Gasteiger partial charge on any atom is 1.00 e. The van der Waals surface area contributed by atoms with Crippen molar-refractivity contribution in [2.45, 2.75) is 4.90 Å². The minimum atomic E-state index is -2.26. The summed E-state index contributed by atoms with van der Waals surface area (Å²) >= 11 is -2.26. The maximum absolute atomic E-state index is 10.8. The van der Waals surface area contributed by atoms with Gasteiger partial charge in [0.2, 0.25) is 0 Å². The normalized spacial score (nSPS) is 12.4. The molecular weight excluding hydrogens is 215 g/mol. The van der Waals surface area contributed by atoms with Crippen LogP contribution in [-0.4, -0.2) is 18.7 Å². The molecule has 0 aliphatic heterocycles. The minimum absolute atomic E-state index is 0. The van der Waals surface area contributed by atoms with Crippen LogP contribution in [0.4, 0.5) is 0 Å². The van der Waals surface area contributed by atoms with Crippen molar-refractivity contribution in [3.63, 3.8) is 0 Å². The van der Waals surface area contributed by atoms with Crippen LogP contribution in [0.5, 0.6) is 0 Å². The van der Waals surface area contributed by atoms with E-state index in [0.29, 0.717) is 11.0 Å². The van der Waals surface area contributed by atoms with Crippen LogP contribution in [0.2, 0.25) is 0 Å². The van der Waals surface area contributed by atoms with Gasteiger partial charge in [-0.2, -0.15) is 0 Å². The number of nitrogens with one attached hydrogen (secondary N) is 2. The van der Waals surface area contributed by atoms with E-state index < -0.39 is 11.1 Å². The zero-order valence-electron chi connectivity index (χ0n) is 7.37. The number of imidazole rings is 1. The molecule has 5 nitrogen and oxygen atoms in total. The van der Waals surface area contributed by atoms with E-state index in [2.05, 4.69) is 9.97 Å². The van der Waals surface area contributed by atoms with Gasteiger partial charge in [-0.3, -0.25) is 4.21 Å². The maximum atomic E-state index is 10.8. The van der Waals surface area contributed by atoms with Gasteiger partial charge in [0.1, 0.15) is 0 Å². The molecule has 0 amide bonds. The van der Waals surface area contributed by atoms with Crippen molar-refractivity contribution in [2.75, 3.05) is 0 Å². The Kier molecular flexibility index (Phi) is 3.68. The van der Waals surface area contributed by atoms with E-state index in [-0.39, 0.29) is 40.1 Å². The van der Waals surface area contributed by atoms with Gasteiger partial charge in [-0.25, -0.2) is 4.79 Å². The van der Waals surface area contributed by atoms with Gasteiger partial charge in [-0.05, 0) is 29.3 Å². The van der Waals surface area contributed by atoms with E-state index in [1.165, 1.54) is 12.1 Å². The second-order valence-corrected chi connectivity index (χ2v) is 3.46. The summed E-state index contributed by atoms with van der Waals surface area (Å²) in [7, 11) is 0. The van der Waals surface area contributed by atoms with Gasteiger partial charge in [0.05, 0.1) is 11.0 Å². The van der Waals surface area contributed by atoms with Gasteiger partial charge in [-0.1, -0.05) is 0 Å². The summed E-state index contributed by atoms with van der Waals surface area (Å²) in [6.45, 7) is 0. The molecule has 2 aromatic rings. The topological polar surface area (TPSA) is 88.8 Å². The minimum Gasteiger partial charge on any atom is -0.768 e. The van der Waals surface area contributed by atoms with Crippen molar-refractivity contribution < 1.29 is 38.3 Å². The van der Waals surface area contributed by atoms with Crippen LogP contribution in [0.15, 0.2) is 27.9 Å². The fourth-order valence-electron chi connectivity index (χ4n) is 1.12. The first-order chi connectivity index (χ1) is 6.16. The summed E-state index contributed by atoms with van der Waals surface area (Å²) in [5.74, 6) is 0. The Morgan fingerprint density at radius 3 is 2.50 bits per heavy atom. The van der Waals surface area contributed by atoms with Crippen LogP contribution in [-0.2, 0) is 11.1 Å². The summed E-state index contributed by atoms with van der Waals surface area (Å²) in [6.07, 6.45) is 0. The molecule has 1 unspecified atom stereocenters. The van der Waals surface area contributed by atoms with Crippen LogP contribution >= 0.6 is 0 Å². The Hall–Kier alpha value is -0.400. The standard InChI is InChI=1S/C7H6N2O3S.Na/c10-7-8-5-2-1-4(13(11)12)3-6(5)9-7;/h1-3H,(H,11,12)(H2,8,9,10);/q;+1/p-1. The van der Waals surface area contributed by atoms with Gasteiger partial charge in [0, 0.05) is 4.90 Å². The molecule has 2 rings (SSSR count). The Morgan fingerprint density at radius 1 is 1.21 bits per heavy atom. The fraction of sp³-hybridized carbons (Fsp3) is 0. The predicted octanol–water partition coefficient (Wildman–Crippen LogP) is -2.90. The smallest absolute Gasteiger partial charge is 0.768 e. The molecule has 0 radical (unpaired) electrons. The van der Waals surface area contributed by atoms with E-state index in [9.17, 15) is 13.6 Å². The number of rotatable bonds is 1. The summed E-state index contributed by atoms with van der Waals surface area (Å²) in [5, 5.41) is 0. The first-order valence-electron chi connectivity index (χ1n) is 3.48. The summed E-state index contributed by atoms with van der Waals surface area (Å²) < 4.78 is 21.1. The van der Waals surface area contributed by atoms with E-state index in [0.717, 1.165) is 0 Å². The third-order valence-corrected chi connectivity index (χ3v) is 2.32. The number of hydrogen-bond donors (Lipinski definition) is 2. The molecule has 14 heavy (non-hydrogen) atoms. The van der Waals surface area contributed by atoms with Crippen molar-refractivity contribution in [1.29, 1.82) is 0 Å². The molecule has 7 heteroatoms. The Labute approximate surface area is 103 Å². The van der Waals surface area contributed by atoms with Gasteiger partial charge >= 0.3 is 35.2 Å². The van der Waals surface area contributed by atoms with Gasteiger partial charge in [-0.15, -0.1) is 0 Å². The second-order valence-electron chi connectivity index (χ2n) is 2.52. The molecular formula is C7H5N2NaO3S. The van der Waals surface area contributed by atoms with Crippen LogP contribution in [0.1, 0.15) is 0 Å². The molecule has 1 aromatic carbocycles. The largest absolute Gasteiger partial charge is 1.00 e. The van der Waals surface area contributed by atoms with Crippen molar-refractivity contribution >= 4 is 22.1 Å². The van der Waals surface area contributed by atoms with Gasteiger partial charge < -0.3 is 14.5 Å². The van der Waals surface area contributed by atoms with Crippen LogP contribution in [0.3, 0.4) is 0 Å². The fourth-order valence-corrected chi connectivity index (χ4v) is 1.51. The Morgan fingerprint density at radius 2 is 1.86 bits per heavy atom. The quantitative estimate of drug-likeness (QED) is 0.399. The molecule has 0 spiro atoms. The Bertz CT molecular complexity index is 533. The van der Waals surface area contributed by atoms with Crippen molar-refractivity contribution in [2.24, 2.45) is 0 Å². The summed E-state index contributed by atoms with van der Waals surface area (Å²) in [5.41, 5.74) is 0.745. The third-order valence-electron chi connectivity index (χ3n) is 1.68. The predicted molar refractivity (Wildman–Crippen MR) is 46.1 cm³/mol. The second kappa shape index (κ2) is 4.41. The van der Waals surface area contributed by atoms with Crippen molar-refractivity contribution in [3.05, 3.63) is 28.7 Å². The van der Waals surface area contributed by atoms with Crippen LogP contribution < -0.4 is 35.2 Å². The number of aromatic nitrogens is 2. The van der Waals surface area contributed by atoms with Gasteiger partial charge in [0.25, 0.3) is 0 Å². The molecule has 68 valence electrons. The number of benzene rings is 1. The molecule has 0 bridgehead atoms. The van der Waals surface area contributed by atoms with E-state index in [4.69, 9.17) is 0 Å². The first kappa shape index (κ1) is 11.7. The SMILES string of the molecule is O=c1[nH]c2ccc(S(=O)[O-])cc2[nH]1.[Na+]. The van der Waals surface area contributed by atoms with Crippen molar-refractivity contribution in [3.8, 4) is 0 Å². The van der Waals surface area contributed by atoms with E-state index in [1.54, 1.807) is 6.07 Å². The summed E-state index contributed by atoms with van der Waals surface area (Å²) in [4.78, 5) is 15.9. The van der Waals surface area contributed by atoms with E-state index >= 15 is 0 Å². The molecule has 0 fully saturated rings. The molecule has 0 saturated heterocycles. The number of fused-ring (bicyclic) bond motifs is 1. The Balaban J connectivity index is 0.000000980. The molecule has 2 N–H and O–H groups in total. The molecule has 1 heterocycles. The molecule has 0 saturated carbocycles. The summed E-state index contributed by atoms with van der Waals surface area (Å²) in [6, 6.07) is 4.37. The number of hydrogen-bond acceptors (Lipinski definition) is 3. The third kappa shape index (κ3) is 2.15. The average Bonchev–Trinajstić information content (AvgIpc) is 2.42.